The lowest BCUT2D eigenvalue weighted by molar-refractivity contribution is 0.0950. The van der Waals surface area contributed by atoms with Crippen molar-refractivity contribution in [3.8, 4) is 5.75 Å². The van der Waals surface area contributed by atoms with Gasteiger partial charge in [-0.15, -0.1) is 0 Å². The van der Waals surface area contributed by atoms with E-state index in [4.69, 9.17) is 4.74 Å². The Kier molecular flexibility index (Phi) is 8.09. The molecule has 1 N–H and O–H groups in total. The molecule has 0 aromatic heterocycles. The zero-order valence-electron chi connectivity index (χ0n) is 18.4. The summed E-state index contributed by atoms with van der Waals surface area (Å²) in [4.78, 5) is 12.9. The average molecular weight is 445 g/mol. The lowest BCUT2D eigenvalue weighted by atomic mass is 10.1. The molecule has 168 valence electrons. The highest BCUT2D eigenvalue weighted by atomic mass is 32.2. The molecule has 0 spiro atoms. The number of methoxy groups -OCH3 is 1. The summed E-state index contributed by atoms with van der Waals surface area (Å²) in [6.45, 7) is 3.60. The highest BCUT2D eigenvalue weighted by Crippen LogP contribution is 2.26. The zero-order valence-corrected chi connectivity index (χ0v) is 19.2. The molecular formula is C24H32N2O4S. The molecule has 1 fully saturated rings. The van der Waals surface area contributed by atoms with Crippen LogP contribution in [-0.4, -0.2) is 45.4 Å². The van der Waals surface area contributed by atoms with Gasteiger partial charge in [-0.05, 0) is 56.4 Å². The van der Waals surface area contributed by atoms with Crippen molar-refractivity contribution >= 4 is 15.9 Å². The van der Waals surface area contributed by atoms with Crippen molar-refractivity contribution in [2.75, 3.05) is 26.7 Å². The summed E-state index contributed by atoms with van der Waals surface area (Å²) < 4.78 is 33.1. The highest BCUT2D eigenvalue weighted by molar-refractivity contribution is 7.89. The van der Waals surface area contributed by atoms with Crippen LogP contribution in [0.3, 0.4) is 0 Å². The second-order valence-corrected chi connectivity index (χ2v) is 9.97. The lowest BCUT2D eigenvalue weighted by Gasteiger charge is -2.20. The van der Waals surface area contributed by atoms with Gasteiger partial charge in [-0.3, -0.25) is 4.79 Å². The summed E-state index contributed by atoms with van der Waals surface area (Å²) in [5.41, 5.74) is 2.69. The Morgan fingerprint density at radius 3 is 2.48 bits per heavy atom. The summed E-state index contributed by atoms with van der Waals surface area (Å²) in [6.07, 6.45) is 5.48. The Balaban J connectivity index is 1.68. The first-order valence-corrected chi connectivity index (χ1v) is 12.4. The molecule has 2 aromatic carbocycles. The number of rotatable bonds is 8. The topological polar surface area (TPSA) is 75.7 Å². The fourth-order valence-corrected chi connectivity index (χ4v) is 5.46. The van der Waals surface area contributed by atoms with Gasteiger partial charge in [0.25, 0.3) is 5.91 Å². The molecule has 2 aromatic rings. The SMILES string of the molecule is COc1ccc(S(=O)(=O)N2CCCCCC2)cc1C(=O)NCCCc1cccc(C)c1. The van der Waals surface area contributed by atoms with Crippen molar-refractivity contribution in [1.82, 2.24) is 9.62 Å². The molecule has 1 aliphatic rings. The molecular weight excluding hydrogens is 412 g/mol. The van der Waals surface area contributed by atoms with Gasteiger partial charge in [0.1, 0.15) is 5.75 Å². The number of hydrogen-bond acceptors (Lipinski definition) is 4. The third kappa shape index (κ3) is 6.08. The van der Waals surface area contributed by atoms with Gasteiger partial charge in [0.05, 0.1) is 17.6 Å². The quantitative estimate of drug-likeness (QED) is 0.626. The van der Waals surface area contributed by atoms with Gasteiger partial charge in [0.15, 0.2) is 0 Å². The number of ether oxygens (including phenoxy) is 1. The van der Waals surface area contributed by atoms with E-state index < -0.39 is 10.0 Å². The molecule has 1 aliphatic heterocycles. The second-order valence-electron chi connectivity index (χ2n) is 8.03. The molecule has 31 heavy (non-hydrogen) atoms. The zero-order chi connectivity index (χ0) is 22.3. The molecule has 6 nitrogen and oxygen atoms in total. The van der Waals surface area contributed by atoms with E-state index in [0.717, 1.165) is 38.5 Å². The molecule has 7 heteroatoms. The van der Waals surface area contributed by atoms with E-state index in [2.05, 4.69) is 30.4 Å². The van der Waals surface area contributed by atoms with E-state index in [1.165, 1.54) is 34.7 Å². The number of sulfonamides is 1. The van der Waals surface area contributed by atoms with Crippen molar-refractivity contribution in [2.45, 2.75) is 50.3 Å². The number of aryl methyl sites for hydroxylation is 2. The van der Waals surface area contributed by atoms with E-state index >= 15 is 0 Å². The predicted octanol–water partition coefficient (Wildman–Crippen LogP) is 3.93. The Hall–Kier alpha value is -2.38. The molecule has 1 heterocycles. The van der Waals surface area contributed by atoms with Crippen molar-refractivity contribution in [3.63, 3.8) is 0 Å². The van der Waals surface area contributed by atoms with E-state index in [1.807, 2.05) is 6.07 Å². The maximum absolute atomic E-state index is 13.1. The van der Waals surface area contributed by atoms with Crippen LogP contribution in [-0.2, 0) is 16.4 Å². The van der Waals surface area contributed by atoms with Gasteiger partial charge in [-0.25, -0.2) is 8.42 Å². The second kappa shape index (κ2) is 10.8. The summed E-state index contributed by atoms with van der Waals surface area (Å²) >= 11 is 0. The minimum Gasteiger partial charge on any atom is -0.496 e. The Bertz CT molecular complexity index is 996. The minimum absolute atomic E-state index is 0.139. The molecule has 1 saturated heterocycles. The van der Waals surface area contributed by atoms with Gasteiger partial charge in [0, 0.05) is 19.6 Å². The molecule has 0 atom stereocenters. The van der Waals surface area contributed by atoms with E-state index in [0.29, 0.717) is 25.4 Å². The third-order valence-corrected chi connectivity index (χ3v) is 7.52. The monoisotopic (exact) mass is 444 g/mol. The predicted molar refractivity (Wildman–Crippen MR) is 122 cm³/mol. The number of nitrogens with one attached hydrogen (secondary N) is 1. The summed E-state index contributed by atoms with van der Waals surface area (Å²) in [7, 11) is -2.15. The van der Waals surface area contributed by atoms with Crippen LogP contribution in [0, 0.1) is 6.92 Å². The number of benzene rings is 2. The van der Waals surface area contributed by atoms with Gasteiger partial charge >= 0.3 is 0 Å². The van der Waals surface area contributed by atoms with Crippen LogP contribution in [0.5, 0.6) is 5.75 Å². The maximum Gasteiger partial charge on any atom is 0.255 e. The Morgan fingerprint density at radius 2 is 1.81 bits per heavy atom. The first kappa shape index (κ1) is 23.3. The van der Waals surface area contributed by atoms with E-state index in [-0.39, 0.29) is 16.4 Å². The van der Waals surface area contributed by atoms with Gasteiger partial charge in [-0.1, -0.05) is 42.7 Å². The van der Waals surface area contributed by atoms with Crippen molar-refractivity contribution < 1.29 is 17.9 Å². The van der Waals surface area contributed by atoms with Crippen LogP contribution < -0.4 is 10.1 Å². The molecule has 3 rings (SSSR count). The number of nitrogens with zero attached hydrogens (tertiary/aromatic N) is 1. The van der Waals surface area contributed by atoms with E-state index in [1.54, 1.807) is 6.07 Å². The van der Waals surface area contributed by atoms with Gasteiger partial charge in [-0.2, -0.15) is 4.31 Å². The summed E-state index contributed by atoms with van der Waals surface area (Å²) in [5.74, 6) is 0.0417. The molecule has 0 unspecified atom stereocenters. The number of carbonyl (C=O) groups is 1. The molecule has 0 radical (unpaired) electrons. The van der Waals surface area contributed by atoms with Crippen molar-refractivity contribution in [3.05, 3.63) is 59.2 Å². The number of amides is 1. The first-order chi connectivity index (χ1) is 14.9. The first-order valence-electron chi connectivity index (χ1n) is 10.9. The lowest BCUT2D eigenvalue weighted by Crippen LogP contribution is -2.32. The molecule has 0 aliphatic carbocycles. The largest absolute Gasteiger partial charge is 0.496 e. The normalized spacial score (nSPS) is 15.3. The number of carbonyl (C=O) groups excluding carboxylic acids is 1. The van der Waals surface area contributed by atoms with Crippen molar-refractivity contribution in [2.24, 2.45) is 0 Å². The standard InChI is InChI=1S/C24H32N2O4S/c1-19-9-7-10-20(17-19)11-8-14-25-24(27)22-18-21(12-13-23(22)30-2)31(28,29)26-15-5-3-4-6-16-26/h7,9-10,12-13,17-18H,3-6,8,11,14-16H2,1-2H3,(H,25,27). The van der Waals surface area contributed by atoms with Gasteiger partial charge < -0.3 is 10.1 Å². The summed E-state index contributed by atoms with van der Waals surface area (Å²) in [5, 5.41) is 2.90. The minimum atomic E-state index is -3.63. The Morgan fingerprint density at radius 1 is 1.06 bits per heavy atom. The van der Waals surface area contributed by atoms with Crippen LogP contribution in [0.25, 0.3) is 0 Å². The van der Waals surface area contributed by atoms with Crippen LogP contribution in [0.15, 0.2) is 47.4 Å². The van der Waals surface area contributed by atoms with Crippen LogP contribution in [0.2, 0.25) is 0 Å². The van der Waals surface area contributed by atoms with Crippen LogP contribution in [0.1, 0.15) is 53.6 Å². The molecule has 0 bridgehead atoms. The third-order valence-electron chi connectivity index (χ3n) is 5.63. The van der Waals surface area contributed by atoms with Gasteiger partial charge in [0.2, 0.25) is 10.0 Å². The van der Waals surface area contributed by atoms with Crippen molar-refractivity contribution in [1.29, 1.82) is 0 Å². The fourth-order valence-electron chi connectivity index (χ4n) is 3.91. The van der Waals surface area contributed by atoms with Crippen LogP contribution in [0.4, 0.5) is 0 Å². The Labute approximate surface area is 185 Å². The maximum atomic E-state index is 13.1. The molecule has 1 amide bonds. The fraction of sp³-hybridized carbons (Fsp3) is 0.458. The smallest absolute Gasteiger partial charge is 0.255 e. The number of hydrogen-bond donors (Lipinski definition) is 1. The van der Waals surface area contributed by atoms with Crippen LogP contribution >= 0.6 is 0 Å². The van der Waals surface area contributed by atoms with E-state index in [9.17, 15) is 13.2 Å². The average Bonchev–Trinajstić information content (AvgIpc) is 3.06. The summed E-state index contributed by atoms with van der Waals surface area (Å²) in [6, 6.07) is 12.8. The highest BCUT2D eigenvalue weighted by Gasteiger charge is 2.27. The molecule has 0 saturated carbocycles.